The minimum Gasteiger partial charge on any atom is -0.391 e. The van der Waals surface area contributed by atoms with E-state index >= 15 is 0 Å². The Morgan fingerprint density at radius 1 is 1.16 bits per heavy atom. The van der Waals surface area contributed by atoms with Crippen LogP contribution in [0.5, 0.6) is 0 Å². The highest BCUT2D eigenvalue weighted by atomic mass is 79.9. The zero-order valence-electron chi connectivity index (χ0n) is 10.3. The average Bonchev–Trinajstić information content (AvgIpc) is 2.37. The van der Waals surface area contributed by atoms with Gasteiger partial charge in [-0.15, -0.1) is 0 Å². The van der Waals surface area contributed by atoms with Crippen molar-refractivity contribution in [3.8, 4) is 0 Å². The molecule has 0 bridgehead atoms. The predicted molar refractivity (Wildman–Crippen MR) is 77.2 cm³/mol. The molecule has 2 atom stereocenters. The van der Waals surface area contributed by atoms with Gasteiger partial charge in [-0.25, -0.2) is 4.39 Å². The van der Waals surface area contributed by atoms with Crippen LogP contribution in [0.2, 0.25) is 0 Å². The van der Waals surface area contributed by atoms with Crippen LogP contribution in [0, 0.1) is 5.82 Å². The molecule has 0 aromatic heterocycles. The molecule has 2 aromatic rings. The highest BCUT2D eigenvalue weighted by Gasteiger charge is 2.18. The monoisotopic (exact) mass is 323 g/mol. The Morgan fingerprint density at radius 2 is 1.84 bits per heavy atom. The van der Waals surface area contributed by atoms with Crippen LogP contribution in [0.15, 0.2) is 53.0 Å². The second-order valence-corrected chi connectivity index (χ2v) is 5.40. The first-order valence-corrected chi connectivity index (χ1v) is 6.79. The highest BCUT2D eigenvalue weighted by molar-refractivity contribution is 9.10. The summed E-state index contributed by atoms with van der Waals surface area (Å²) in [7, 11) is 0. The molecule has 0 aliphatic rings. The zero-order chi connectivity index (χ0) is 13.8. The zero-order valence-corrected chi connectivity index (χ0v) is 11.8. The van der Waals surface area contributed by atoms with Crippen LogP contribution in [0.1, 0.15) is 17.2 Å². The summed E-state index contributed by atoms with van der Waals surface area (Å²) in [4.78, 5) is 0. The van der Waals surface area contributed by atoms with Gasteiger partial charge in [-0.2, -0.15) is 0 Å². The lowest BCUT2D eigenvalue weighted by molar-refractivity contribution is 0.145. The number of hydrogen-bond donors (Lipinski definition) is 2. The van der Waals surface area contributed by atoms with Crippen LogP contribution in [0.25, 0.3) is 0 Å². The Hall–Kier alpha value is -1.23. The number of halogens is 2. The summed E-state index contributed by atoms with van der Waals surface area (Å²) in [5.74, 6) is -0.369. The maximum atomic E-state index is 13.3. The van der Waals surface area contributed by atoms with E-state index in [2.05, 4.69) is 15.9 Å². The quantitative estimate of drug-likeness (QED) is 0.907. The van der Waals surface area contributed by atoms with Gasteiger partial charge in [0.2, 0.25) is 0 Å². The molecule has 0 unspecified atom stereocenters. The number of benzene rings is 2. The van der Waals surface area contributed by atoms with Crippen molar-refractivity contribution in [3.05, 3.63) is 69.9 Å². The van der Waals surface area contributed by atoms with Crippen LogP contribution in [-0.4, -0.2) is 11.2 Å². The number of hydrogen-bond acceptors (Lipinski definition) is 2. The first-order chi connectivity index (χ1) is 9.06. The molecule has 4 heteroatoms. The third-order valence-corrected chi connectivity index (χ3v) is 3.43. The third kappa shape index (κ3) is 3.86. The molecule has 2 nitrogen and oxygen atoms in total. The van der Waals surface area contributed by atoms with E-state index in [4.69, 9.17) is 5.73 Å². The van der Waals surface area contributed by atoms with Gasteiger partial charge < -0.3 is 10.8 Å². The average molecular weight is 324 g/mol. The molecular formula is C15H15BrFNO. The Kier molecular flexibility index (Phi) is 4.69. The van der Waals surface area contributed by atoms with Crippen molar-refractivity contribution in [2.75, 3.05) is 0 Å². The SMILES string of the molecule is N[C@H](c1cc(F)cc(Br)c1)[C@@H](O)Cc1ccccc1. The molecule has 19 heavy (non-hydrogen) atoms. The number of nitrogens with two attached hydrogens (primary N) is 1. The summed E-state index contributed by atoms with van der Waals surface area (Å²) in [5, 5.41) is 10.1. The van der Waals surface area contributed by atoms with E-state index in [1.807, 2.05) is 30.3 Å². The first kappa shape index (κ1) is 14.2. The van der Waals surface area contributed by atoms with Crippen molar-refractivity contribution in [1.82, 2.24) is 0 Å². The van der Waals surface area contributed by atoms with Gasteiger partial charge >= 0.3 is 0 Å². The molecule has 2 aromatic carbocycles. The molecule has 100 valence electrons. The van der Waals surface area contributed by atoms with E-state index in [0.717, 1.165) is 5.56 Å². The predicted octanol–water partition coefficient (Wildman–Crippen LogP) is 3.19. The Balaban J connectivity index is 2.12. The van der Waals surface area contributed by atoms with Gasteiger partial charge in [0.05, 0.1) is 12.1 Å². The molecule has 0 spiro atoms. The number of aliphatic hydroxyl groups is 1. The van der Waals surface area contributed by atoms with Crippen molar-refractivity contribution < 1.29 is 9.50 Å². The Labute approximate surface area is 120 Å². The van der Waals surface area contributed by atoms with E-state index in [1.54, 1.807) is 6.07 Å². The van der Waals surface area contributed by atoms with Gasteiger partial charge in [-0.05, 0) is 29.3 Å². The summed E-state index contributed by atoms with van der Waals surface area (Å²) in [6.07, 6.45) is -0.313. The largest absolute Gasteiger partial charge is 0.391 e. The summed E-state index contributed by atoms with van der Waals surface area (Å²) >= 11 is 3.22. The second kappa shape index (κ2) is 6.28. The molecule has 0 saturated carbocycles. The van der Waals surface area contributed by atoms with Gasteiger partial charge in [0.25, 0.3) is 0 Å². The molecule has 0 fully saturated rings. The van der Waals surface area contributed by atoms with Crippen LogP contribution >= 0.6 is 15.9 Å². The standard InChI is InChI=1S/C15H15BrFNO/c16-12-7-11(8-13(17)9-12)15(18)14(19)6-10-4-2-1-3-5-10/h1-5,7-9,14-15,19H,6,18H2/t14-,15+/m0/s1. The van der Waals surface area contributed by atoms with Crippen molar-refractivity contribution in [1.29, 1.82) is 0 Å². The minimum absolute atomic E-state index is 0.369. The molecule has 2 rings (SSSR count). The van der Waals surface area contributed by atoms with E-state index in [0.29, 0.717) is 16.5 Å². The number of aliphatic hydroxyl groups excluding tert-OH is 1. The highest BCUT2D eigenvalue weighted by Crippen LogP contribution is 2.22. The minimum atomic E-state index is -0.754. The van der Waals surface area contributed by atoms with Gasteiger partial charge in [0, 0.05) is 10.9 Å². The maximum Gasteiger partial charge on any atom is 0.124 e. The summed E-state index contributed by atoms with van der Waals surface area (Å²) in [5.41, 5.74) is 7.57. The van der Waals surface area contributed by atoms with Gasteiger partial charge in [-0.1, -0.05) is 46.3 Å². The normalized spacial score (nSPS) is 14.1. The van der Waals surface area contributed by atoms with E-state index in [1.165, 1.54) is 12.1 Å². The molecular weight excluding hydrogens is 309 g/mol. The maximum absolute atomic E-state index is 13.3. The molecule has 3 N–H and O–H groups in total. The molecule has 0 aliphatic carbocycles. The topological polar surface area (TPSA) is 46.2 Å². The molecule has 0 aliphatic heterocycles. The molecule has 0 saturated heterocycles. The van der Waals surface area contributed by atoms with E-state index < -0.39 is 12.1 Å². The Morgan fingerprint density at radius 3 is 2.47 bits per heavy atom. The van der Waals surface area contributed by atoms with Crippen LogP contribution in [0.4, 0.5) is 4.39 Å². The van der Waals surface area contributed by atoms with Gasteiger partial charge in [-0.3, -0.25) is 0 Å². The van der Waals surface area contributed by atoms with Crippen LogP contribution in [0.3, 0.4) is 0 Å². The summed E-state index contributed by atoms with van der Waals surface area (Å²) in [6, 6.07) is 13.4. The van der Waals surface area contributed by atoms with E-state index in [-0.39, 0.29) is 5.82 Å². The van der Waals surface area contributed by atoms with Crippen LogP contribution < -0.4 is 5.73 Å². The summed E-state index contributed by atoms with van der Waals surface area (Å²) in [6.45, 7) is 0. The van der Waals surface area contributed by atoms with Crippen molar-refractivity contribution in [2.45, 2.75) is 18.6 Å². The fourth-order valence-electron chi connectivity index (χ4n) is 1.97. The van der Waals surface area contributed by atoms with Crippen molar-refractivity contribution in [2.24, 2.45) is 5.73 Å². The lowest BCUT2D eigenvalue weighted by Gasteiger charge is -2.19. The smallest absolute Gasteiger partial charge is 0.124 e. The Bertz CT molecular complexity index is 527. The van der Waals surface area contributed by atoms with Crippen molar-refractivity contribution >= 4 is 15.9 Å². The van der Waals surface area contributed by atoms with Crippen molar-refractivity contribution in [3.63, 3.8) is 0 Å². The van der Waals surface area contributed by atoms with Gasteiger partial charge in [0.1, 0.15) is 5.82 Å². The fraction of sp³-hybridized carbons (Fsp3) is 0.200. The number of rotatable bonds is 4. The molecule has 0 heterocycles. The third-order valence-electron chi connectivity index (χ3n) is 2.97. The first-order valence-electron chi connectivity index (χ1n) is 6.00. The lowest BCUT2D eigenvalue weighted by Crippen LogP contribution is -2.28. The van der Waals surface area contributed by atoms with Crippen LogP contribution in [-0.2, 0) is 6.42 Å². The second-order valence-electron chi connectivity index (χ2n) is 4.49. The lowest BCUT2D eigenvalue weighted by atomic mass is 9.97. The summed E-state index contributed by atoms with van der Waals surface area (Å²) < 4.78 is 13.9. The van der Waals surface area contributed by atoms with E-state index in [9.17, 15) is 9.50 Å². The molecule has 0 amide bonds. The fourth-order valence-corrected chi connectivity index (χ4v) is 2.46. The van der Waals surface area contributed by atoms with Gasteiger partial charge in [0.15, 0.2) is 0 Å². The molecule has 0 radical (unpaired) electrons.